The zero-order valence-corrected chi connectivity index (χ0v) is 20.9. The molecule has 0 saturated heterocycles. The van der Waals surface area contributed by atoms with Gasteiger partial charge in [-0.15, -0.1) is 11.3 Å². The monoisotopic (exact) mass is 480 g/mol. The standard InChI is InChI=1S/C27H32N2O4S/c1-4-7-10-25-28-18-23(16-22(27(31)33-6-3)17-24-9-8-15-34-24)29(25)19-20-11-13-21(14-12-20)26(30)32-5-2/h8-9,11-16,18H,4-7,10,17,19H2,1-3H3/b22-16+. The molecule has 180 valence electrons. The molecule has 2 aromatic heterocycles. The van der Waals surface area contributed by atoms with E-state index in [2.05, 4.69) is 16.5 Å². The Morgan fingerprint density at radius 2 is 1.82 bits per heavy atom. The van der Waals surface area contributed by atoms with Gasteiger partial charge in [0.1, 0.15) is 5.82 Å². The van der Waals surface area contributed by atoms with Gasteiger partial charge in [-0.2, -0.15) is 0 Å². The maximum absolute atomic E-state index is 12.7. The van der Waals surface area contributed by atoms with Gasteiger partial charge in [-0.25, -0.2) is 14.6 Å². The first-order chi connectivity index (χ1) is 16.5. The summed E-state index contributed by atoms with van der Waals surface area (Å²) >= 11 is 1.62. The number of nitrogens with zero attached hydrogens (tertiary/aromatic N) is 2. The average Bonchev–Trinajstić information content (AvgIpc) is 3.48. The molecule has 3 aromatic rings. The highest BCUT2D eigenvalue weighted by molar-refractivity contribution is 7.09. The minimum Gasteiger partial charge on any atom is -0.463 e. The highest BCUT2D eigenvalue weighted by Gasteiger charge is 2.16. The topological polar surface area (TPSA) is 70.4 Å². The number of hydrogen-bond donors (Lipinski definition) is 0. The van der Waals surface area contributed by atoms with Gasteiger partial charge >= 0.3 is 11.9 Å². The Hall–Kier alpha value is -3.19. The van der Waals surface area contributed by atoms with Crippen molar-refractivity contribution < 1.29 is 19.1 Å². The molecule has 0 aliphatic heterocycles. The van der Waals surface area contributed by atoms with Gasteiger partial charge in [-0.05, 0) is 55.5 Å². The lowest BCUT2D eigenvalue weighted by Gasteiger charge is -2.12. The first-order valence-electron chi connectivity index (χ1n) is 11.8. The number of rotatable bonds is 12. The van der Waals surface area contributed by atoms with E-state index in [0.717, 1.165) is 41.2 Å². The van der Waals surface area contributed by atoms with Crippen LogP contribution in [0.5, 0.6) is 0 Å². The molecule has 0 spiro atoms. The number of aryl methyl sites for hydroxylation is 1. The number of carbonyl (C=O) groups is 2. The Kier molecular flexibility index (Phi) is 9.64. The van der Waals surface area contributed by atoms with E-state index in [1.165, 1.54) is 0 Å². The van der Waals surface area contributed by atoms with Crippen molar-refractivity contribution >= 4 is 29.4 Å². The number of unbranched alkanes of at least 4 members (excludes halogenated alkanes) is 1. The van der Waals surface area contributed by atoms with Crippen molar-refractivity contribution in [2.24, 2.45) is 0 Å². The van der Waals surface area contributed by atoms with Crippen LogP contribution < -0.4 is 0 Å². The molecular formula is C27H32N2O4S. The first-order valence-corrected chi connectivity index (χ1v) is 12.6. The molecule has 0 amide bonds. The second-order valence-electron chi connectivity index (χ2n) is 7.85. The van der Waals surface area contributed by atoms with Crippen LogP contribution in [0.4, 0.5) is 0 Å². The molecular weight excluding hydrogens is 448 g/mol. The molecule has 3 rings (SSSR count). The summed E-state index contributed by atoms with van der Waals surface area (Å²) in [7, 11) is 0. The van der Waals surface area contributed by atoms with Crippen molar-refractivity contribution in [1.82, 2.24) is 9.55 Å². The second-order valence-corrected chi connectivity index (χ2v) is 8.88. The van der Waals surface area contributed by atoms with Crippen molar-refractivity contribution in [3.63, 3.8) is 0 Å². The lowest BCUT2D eigenvalue weighted by Crippen LogP contribution is -2.12. The molecule has 2 heterocycles. The zero-order chi connectivity index (χ0) is 24.3. The fourth-order valence-electron chi connectivity index (χ4n) is 3.59. The summed E-state index contributed by atoms with van der Waals surface area (Å²) in [4.78, 5) is 30.5. The van der Waals surface area contributed by atoms with E-state index in [0.29, 0.717) is 37.3 Å². The predicted molar refractivity (Wildman–Crippen MR) is 135 cm³/mol. The summed E-state index contributed by atoms with van der Waals surface area (Å²) in [5.74, 6) is 0.344. The number of aromatic nitrogens is 2. The third kappa shape index (κ3) is 6.90. The number of esters is 2. The SMILES string of the molecule is CCCCc1ncc(/C=C(\Cc2cccs2)C(=O)OCC)n1Cc1ccc(C(=O)OCC)cc1. The van der Waals surface area contributed by atoms with Gasteiger partial charge in [0.15, 0.2) is 0 Å². The van der Waals surface area contributed by atoms with Crippen molar-refractivity contribution in [2.45, 2.75) is 53.0 Å². The van der Waals surface area contributed by atoms with Gasteiger partial charge in [0.05, 0.1) is 30.7 Å². The van der Waals surface area contributed by atoms with Crippen LogP contribution in [0, 0.1) is 0 Å². The van der Waals surface area contributed by atoms with E-state index in [1.54, 1.807) is 30.4 Å². The minimum atomic E-state index is -0.323. The van der Waals surface area contributed by atoms with Crippen LogP contribution in [-0.2, 0) is 33.7 Å². The fraction of sp³-hybridized carbons (Fsp3) is 0.370. The van der Waals surface area contributed by atoms with Crippen LogP contribution in [0.25, 0.3) is 6.08 Å². The largest absolute Gasteiger partial charge is 0.463 e. The summed E-state index contributed by atoms with van der Waals surface area (Å²) < 4.78 is 12.6. The Balaban J connectivity index is 1.93. The molecule has 0 aliphatic rings. The lowest BCUT2D eigenvalue weighted by molar-refractivity contribution is -0.138. The number of thiophene rings is 1. The maximum atomic E-state index is 12.7. The van der Waals surface area contributed by atoms with Crippen LogP contribution in [0.2, 0.25) is 0 Å². The molecule has 34 heavy (non-hydrogen) atoms. The molecule has 0 radical (unpaired) electrons. The van der Waals surface area contributed by atoms with Crippen molar-refractivity contribution in [3.05, 3.63) is 81.1 Å². The van der Waals surface area contributed by atoms with E-state index in [-0.39, 0.29) is 11.9 Å². The van der Waals surface area contributed by atoms with Gasteiger partial charge in [0.25, 0.3) is 0 Å². The van der Waals surface area contributed by atoms with Crippen LogP contribution in [0.15, 0.2) is 53.5 Å². The lowest BCUT2D eigenvalue weighted by atomic mass is 10.1. The number of imidazole rings is 1. The molecule has 0 saturated carbocycles. The van der Waals surface area contributed by atoms with Gasteiger partial charge < -0.3 is 14.0 Å². The molecule has 0 bridgehead atoms. The van der Waals surface area contributed by atoms with Gasteiger partial charge in [-0.1, -0.05) is 31.5 Å². The van der Waals surface area contributed by atoms with E-state index in [4.69, 9.17) is 9.47 Å². The van der Waals surface area contributed by atoms with Crippen molar-refractivity contribution in [3.8, 4) is 0 Å². The maximum Gasteiger partial charge on any atom is 0.338 e. The quantitative estimate of drug-likeness (QED) is 0.246. The van der Waals surface area contributed by atoms with E-state index in [1.807, 2.05) is 48.8 Å². The number of ether oxygens (including phenoxy) is 2. The Morgan fingerprint density at radius 3 is 2.47 bits per heavy atom. The molecule has 6 nitrogen and oxygen atoms in total. The smallest absolute Gasteiger partial charge is 0.338 e. The summed E-state index contributed by atoms with van der Waals surface area (Å²) in [5.41, 5.74) is 3.03. The summed E-state index contributed by atoms with van der Waals surface area (Å²) in [6, 6.07) is 11.4. The highest BCUT2D eigenvalue weighted by atomic mass is 32.1. The second kappa shape index (κ2) is 12.9. The highest BCUT2D eigenvalue weighted by Crippen LogP contribution is 2.21. The van der Waals surface area contributed by atoms with E-state index in [9.17, 15) is 9.59 Å². The van der Waals surface area contributed by atoms with Crippen LogP contribution >= 0.6 is 11.3 Å². The van der Waals surface area contributed by atoms with E-state index < -0.39 is 0 Å². The van der Waals surface area contributed by atoms with Gasteiger partial charge in [0.2, 0.25) is 0 Å². The summed E-state index contributed by atoms with van der Waals surface area (Å²) in [6.07, 6.45) is 7.19. The Morgan fingerprint density at radius 1 is 1.06 bits per heavy atom. The van der Waals surface area contributed by atoms with E-state index >= 15 is 0 Å². The van der Waals surface area contributed by atoms with Crippen molar-refractivity contribution in [1.29, 1.82) is 0 Å². The minimum absolute atomic E-state index is 0.308. The number of benzene rings is 1. The normalized spacial score (nSPS) is 11.4. The number of carbonyl (C=O) groups excluding carboxylic acids is 2. The summed E-state index contributed by atoms with van der Waals surface area (Å²) in [5, 5.41) is 2.01. The fourth-order valence-corrected chi connectivity index (χ4v) is 4.32. The third-order valence-electron chi connectivity index (χ3n) is 5.33. The molecule has 0 atom stereocenters. The van der Waals surface area contributed by atoms with Gasteiger partial charge in [0, 0.05) is 29.8 Å². The first kappa shape index (κ1) is 25.4. The number of hydrogen-bond acceptors (Lipinski definition) is 6. The predicted octanol–water partition coefficient (Wildman–Crippen LogP) is 5.70. The average molecular weight is 481 g/mol. The van der Waals surface area contributed by atoms with Crippen LogP contribution in [-0.4, -0.2) is 34.7 Å². The van der Waals surface area contributed by atoms with Gasteiger partial charge in [-0.3, -0.25) is 0 Å². The zero-order valence-electron chi connectivity index (χ0n) is 20.1. The Labute approximate surface area is 205 Å². The molecule has 7 heteroatoms. The van der Waals surface area contributed by atoms with Crippen LogP contribution in [0.1, 0.15) is 65.9 Å². The molecule has 1 aromatic carbocycles. The molecule has 0 fully saturated rings. The third-order valence-corrected chi connectivity index (χ3v) is 6.21. The molecule has 0 unspecified atom stereocenters. The molecule has 0 N–H and O–H groups in total. The Bertz CT molecular complexity index is 1100. The summed E-state index contributed by atoms with van der Waals surface area (Å²) in [6.45, 7) is 7.02. The molecule has 0 aliphatic carbocycles. The van der Waals surface area contributed by atoms with Crippen LogP contribution in [0.3, 0.4) is 0 Å². The van der Waals surface area contributed by atoms with Crippen molar-refractivity contribution in [2.75, 3.05) is 13.2 Å².